The highest BCUT2D eigenvalue weighted by Crippen LogP contribution is 2.24. The summed E-state index contributed by atoms with van der Waals surface area (Å²) < 4.78 is 60.2. The van der Waals surface area contributed by atoms with Crippen LogP contribution in [0.5, 0.6) is 0 Å². The number of hydrogen-bond donors (Lipinski definition) is 0. The Morgan fingerprint density at radius 2 is 1.76 bits per heavy atom. The molecule has 0 atom stereocenters. The van der Waals surface area contributed by atoms with Crippen LogP contribution < -0.4 is 4.31 Å². The second-order valence-corrected chi connectivity index (χ2v) is 4.97. The van der Waals surface area contributed by atoms with Crippen LogP contribution in [0.1, 0.15) is 0 Å². The lowest BCUT2D eigenvalue weighted by molar-refractivity contribution is -0.117. The van der Waals surface area contributed by atoms with Crippen molar-refractivity contribution < 1.29 is 21.6 Å². The summed E-state index contributed by atoms with van der Waals surface area (Å²) in [5, 5.41) is 0.492. The average Bonchev–Trinajstić information content (AvgIpc) is 2.26. The molecule has 3 nitrogen and oxygen atoms in total. The normalized spacial score (nSPS) is 12.2. The fourth-order valence-electron chi connectivity index (χ4n) is 1.18. The molecule has 1 rings (SSSR count). The van der Waals surface area contributed by atoms with Crippen molar-refractivity contribution in [2.75, 3.05) is 10.8 Å². The topological polar surface area (TPSA) is 37.4 Å². The number of anilines is 1. The number of halogens is 3. The molecular formula is C10H10F3NO2S. The summed E-state index contributed by atoms with van der Waals surface area (Å²) in [6.07, 6.45) is -4.62. The highest BCUT2D eigenvalue weighted by molar-refractivity contribution is 7.95. The molecule has 0 aliphatic heterocycles. The highest BCUT2D eigenvalue weighted by Gasteiger charge is 2.35. The van der Waals surface area contributed by atoms with Crippen molar-refractivity contribution >= 4 is 15.7 Å². The first-order chi connectivity index (χ1) is 7.76. The fourth-order valence-corrected chi connectivity index (χ4v) is 2.10. The average molecular weight is 265 g/mol. The minimum atomic E-state index is -4.62. The zero-order chi connectivity index (χ0) is 13.1. The lowest BCUT2D eigenvalue weighted by atomic mass is 10.3. The van der Waals surface area contributed by atoms with Crippen LogP contribution in [0.2, 0.25) is 0 Å². The van der Waals surface area contributed by atoms with Gasteiger partial charge in [0.1, 0.15) is 6.54 Å². The van der Waals surface area contributed by atoms with Crippen LogP contribution in [0.15, 0.2) is 42.3 Å². The quantitative estimate of drug-likeness (QED) is 0.839. The summed E-state index contributed by atoms with van der Waals surface area (Å²) in [4.78, 5) is 0. The molecule has 94 valence electrons. The van der Waals surface area contributed by atoms with E-state index in [1.807, 2.05) is 0 Å². The molecule has 0 aliphatic rings. The van der Waals surface area contributed by atoms with Gasteiger partial charge in [-0.15, -0.1) is 0 Å². The Hall–Kier alpha value is -1.50. The Labute approximate surface area is 97.2 Å². The zero-order valence-electron chi connectivity index (χ0n) is 8.68. The Balaban J connectivity index is 3.18. The largest absolute Gasteiger partial charge is 0.407 e. The van der Waals surface area contributed by atoms with Crippen LogP contribution >= 0.6 is 0 Å². The number of sulfonamides is 1. The SMILES string of the molecule is C=CS(=O)(=O)N(CC(F)(F)F)c1ccccc1. The molecule has 0 bridgehead atoms. The highest BCUT2D eigenvalue weighted by atomic mass is 32.2. The standard InChI is InChI=1S/C10H10F3NO2S/c1-2-17(15,16)14(8-10(11,12)13)9-6-4-3-5-7-9/h2-7H,1,8H2. The molecule has 0 radical (unpaired) electrons. The van der Waals surface area contributed by atoms with Crippen molar-refractivity contribution in [3.8, 4) is 0 Å². The van der Waals surface area contributed by atoms with E-state index in [9.17, 15) is 21.6 Å². The van der Waals surface area contributed by atoms with E-state index in [-0.39, 0.29) is 9.99 Å². The second-order valence-electron chi connectivity index (χ2n) is 3.17. The lowest BCUT2D eigenvalue weighted by Crippen LogP contribution is -2.37. The summed E-state index contributed by atoms with van der Waals surface area (Å²) in [5.74, 6) is 0. The Bertz CT molecular complexity index is 482. The Kier molecular flexibility index (Phi) is 3.82. The van der Waals surface area contributed by atoms with Crippen LogP contribution in [0.3, 0.4) is 0 Å². The molecule has 0 heterocycles. The van der Waals surface area contributed by atoms with Gasteiger partial charge in [0.05, 0.1) is 5.69 Å². The zero-order valence-corrected chi connectivity index (χ0v) is 9.50. The van der Waals surface area contributed by atoms with Gasteiger partial charge in [-0.2, -0.15) is 13.2 Å². The van der Waals surface area contributed by atoms with Crippen molar-refractivity contribution in [1.29, 1.82) is 0 Å². The van der Waals surface area contributed by atoms with Gasteiger partial charge in [-0.05, 0) is 12.1 Å². The molecule has 17 heavy (non-hydrogen) atoms. The maximum atomic E-state index is 12.3. The molecule has 7 heteroatoms. The first-order valence-electron chi connectivity index (χ1n) is 4.53. The Morgan fingerprint density at radius 3 is 2.18 bits per heavy atom. The van der Waals surface area contributed by atoms with Gasteiger partial charge >= 0.3 is 6.18 Å². The van der Waals surface area contributed by atoms with E-state index in [0.29, 0.717) is 5.41 Å². The van der Waals surface area contributed by atoms with Crippen molar-refractivity contribution in [2.24, 2.45) is 0 Å². The van der Waals surface area contributed by atoms with Gasteiger partial charge in [-0.25, -0.2) is 8.42 Å². The number of hydrogen-bond acceptors (Lipinski definition) is 2. The molecule has 0 saturated carbocycles. The van der Waals surface area contributed by atoms with Gasteiger partial charge < -0.3 is 0 Å². The molecule has 0 amide bonds. The van der Waals surface area contributed by atoms with Gasteiger partial charge in [-0.1, -0.05) is 24.8 Å². The van der Waals surface area contributed by atoms with Crippen molar-refractivity contribution in [3.63, 3.8) is 0 Å². The van der Waals surface area contributed by atoms with E-state index >= 15 is 0 Å². The number of benzene rings is 1. The molecule has 1 aromatic carbocycles. The molecule has 0 saturated heterocycles. The first-order valence-corrected chi connectivity index (χ1v) is 6.03. The van der Waals surface area contributed by atoms with Gasteiger partial charge in [0.2, 0.25) is 0 Å². The predicted octanol–water partition coefficient (Wildman–Crippen LogP) is 2.53. The molecular weight excluding hydrogens is 255 g/mol. The smallest absolute Gasteiger partial charge is 0.258 e. The maximum absolute atomic E-state index is 12.3. The third kappa shape index (κ3) is 3.77. The van der Waals surface area contributed by atoms with E-state index < -0.39 is 22.7 Å². The summed E-state index contributed by atoms with van der Waals surface area (Å²) in [7, 11) is -4.17. The van der Waals surface area contributed by atoms with Crippen LogP contribution in [-0.4, -0.2) is 21.1 Å². The van der Waals surface area contributed by atoms with Crippen LogP contribution in [0.25, 0.3) is 0 Å². The second kappa shape index (κ2) is 4.79. The number of rotatable bonds is 4. The third-order valence-corrected chi connectivity index (χ3v) is 3.26. The number of alkyl halides is 3. The Morgan fingerprint density at radius 1 is 1.24 bits per heavy atom. The summed E-state index contributed by atoms with van der Waals surface area (Å²) in [6, 6.07) is 7.06. The van der Waals surface area contributed by atoms with E-state index in [1.165, 1.54) is 24.3 Å². The minimum Gasteiger partial charge on any atom is -0.258 e. The van der Waals surface area contributed by atoms with Gasteiger partial charge in [0, 0.05) is 5.41 Å². The predicted molar refractivity (Wildman–Crippen MR) is 59.0 cm³/mol. The van der Waals surface area contributed by atoms with Gasteiger partial charge in [0.15, 0.2) is 0 Å². The van der Waals surface area contributed by atoms with Gasteiger partial charge in [0.25, 0.3) is 10.0 Å². The monoisotopic (exact) mass is 265 g/mol. The lowest BCUT2D eigenvalue weighted by Gasteiger charge is -2.23. The fraction of sp³-hybridized carbons (Fsp3) is 0.200. The summed E-state index contributed by atoms with van der Waals surface area (Å²) >= 11 is 0. The van der Waals surface area contributed by atoms with Crippen molar-refractivity contribution in [2.45, 2.75) is 6.18 Å². The van der Waals surface area contributed by atoms with E-state index in [0.717, 1.165) is 0 Å². The van der Waals surface area contributed by atoms with Crippen molar-refractivity contribution in [1.82, 2.24) is 0 Å². The van der Waals surface area contributed by atoms with Gasteiger partial charge in [-0.3, -0.25) is 4.31 Å². The minimum absolute atomic E-state index is 0.0512. The van der Waals surface area contributed by atoms with E-state index in [4.69, 9.17) is 0 Å². The molecule has 0 N–H and O–H groups in total. The van der Waals surface area contributed by atoms with E-state index in [2.05, 4.69) is 6.58 Å². The number of nitrogens with zero attached hydrogens (tertiary/aromatic N) is 1. The van der Waals surface area contributed by atoms with E-state index in [1.54, 1.807) is 6.07 Å². The third-order valence-electron chi connectivity index (χ3n) is 1.88. The molecule has 0 unspecified atom stereocenters. The van der Waals surface area contributed by atoms with Crippen molar-refractivity contribution in [3.05, 3.63) is 42.3 Å². The number of para-hydroxylation sites is 1. The molecule has 0 fully saturated rings. The van der Waals surface area contributed by atoms with Crippen LogP contribution in [0.4, 0.5) is 18.9 Å². The first kappa shape index (κ1) is 13.6. The summed E-state index contributed by atoms with van der Waals surface area (Å²) in [5.41, 5.74) is -0.0512. The molecule has 0 spiro atoms. The molecule has 0 aromatic heterocycles. The summed E-state index contributed by atoms with van der Waals surface area (Å²) in [6.45, 7) is 1.43. The maximum Gasteiger partial charge on any atom is 0.407 e. The van der Waals surface area contributed by atoms with Crippen LogP contribution in [0, 0.1) is 0 Å². The van der Waals surface area contributed by atoms with Crippen LogP contribution in [-0.2, 0) is 10.0 Å². The molecule has 0 aliphatic carbocycles. The molecule has 1 aromatic rings.